The van der Waals surface area contributed by atoms with Gasteiger partial charge in [-0.15, -0.1) is 0 Å². The van der Waals surface area contributed by atoms with Crippen LogP contribution in [0, 0.1) is 0 Å². The Kier molecular flexibility index (Phi) is 8.21. The highest BCUT2D eigenvalue weighted by Crippen LogP contribution is 2.44. The Bertz CT molecular complexity index is 3530. The van der Waals surface area contributed by atoms with Crippen molar-refractivity contribution in [2.75, 3.05) is 0 Å². The molecule has 0 atom stereocenters. The molecule has 2 aromatic heterocycles. The van der Waals surface area contributed by atoms with Crippen molar-refractivity contribution in [2.24, 2.45) is 0 Å². The molecule has 0 radical (unpaired) electrons. The number of nitrogens with zero attached hydrogens (tertiary/aromatic N) is 2. The summed E-state index contributed by atoms with van der Waals surface area (Å²) in [4.78, 5) is 5.09. The molecule has 10 aromatic carbocycles. The molecule has 0 unspecified atom stereocenters. The van der Waals surface area contributed by atoms with Gasteiger partial charge in [-0.25, -0.2) is 0 Å². The van der Waals surface area contributed by atoms with E-state index in [9.17, 15) is 0 Å². The van der Waals surface area contributed by atoms with Crippen LogP contribution in [-0.2, 0) is 0 Å². The molecule has 0 aliphatic heterocycles. The molecule has 0 amide bonds. The van der Waals surface area contributed by atoms with E-state index in [1.165, 1.54) is 93.1 Å². The lowest BCUT2D eigenvalue weighted by molar-refractivity contribution is 1.19. The third-order valence-corrected chi connectivity index (χ3v) is 12.4. The van der Waals surface area contributed by atoms with Gasteiger partial charge in [0.2, 0.25) is 0 Å². The third kappa shape index (κ3) is 5.84. The van der Waals surface area contributed by atoms with Crippen LogP contribution in [0.4, 0.5) is 0 Å². The molecule has 0 aliphatic carbocycles. The minimum absolute atomic E-state index is 0.951. The van der Waals surface area contributed by atoms with Crippen LogP contribution < -0.4 is 0 Å². The fourth-order valence-corrected chi connectivity index (χ4v) is 9.56. The van der Waals surface area contributed by atoms with Crippen LogP contribution in [0.2, 0.25) is 0 Å². The molecule has 61 heavy (non-hydrogen) atoms. The van der Waals surface area contributed by atoms with Gasteiger partial charge in [0.05, 0.1) is 16.7 Å². The first kappa shape index (κ1) is 34.9. The quantitative estimate of drug-likeness (QED) is 0.154. The van der Waals surface area contributed by atoms with Crippen LogP contribution in [0.3, 0.4) is 0 Å². The van der Waals surface area contributed by atoms with Crippen molar-refractivity contribution in [3.05, 3.63) is 231 Å². The Balaban J connectivity index is 0.900. The van der Waals surface area contributed by atoms with Crippen molar-refractivity contribution in [1.29, 1.82) is 0 Å². The van der Waals surface area contributed by atoms with E-state index < -0.39 is 0 Å². The van der Waals surface area contributed by atoms with E-state index in [0.717, 1.165) is 22.5 Å². The van der Waals surface area contributed by atoms with Gasteiger partial charge in [0.15, 0.2) is 0 Å². The second-order valence-corrected chi connectivity index (χ2v) is 15.9. The standard InChI is InChI=1S/C59H38N2/c1-3-13-39(14-4-1)40-25-29-44(30-26-40)57-49-19-9-11-21-51(49)58(52-22-12-10-20-50(52)57)46-32-35-55(60-38-46)43-27-23-41(24-28-43)45-33-36-56-54(37-45)53-34-31-42-15-7-8-18-48(42)59(53)61(56)47-16-5-2-6-17-47/h1-38H. The Morgan fingerprint density at radius 2 is 0.787 bits per heavy atom. The van der Waals surface area contributed by atoms with E-state index in [-0.39, 0.29) is 0 Å². The summed E-state index contributed by atoms with van der Waals surface area (Å²) < 4.78 is 2.42. The zero-order valence-corrected chi connectivity index (χ0v) is 33.3. The van der Waals surface area contributed by atoms with Gasteiger partial charge in [-0.3, -0.25) is 4.98 Å². The summed E-state index contributed by atoms with van der Waals surface area (Å²) in [6.45, 7) is 0. The zero-order chi connectivity index (χ0) is 40.3. The van der Waals surface area contributed by atoms with Gasteiger partial charge in [-0.2, -0.15) is 0 Å². The van der Waals surface area contributed by atoms with Crippen molar-refractivity contribution in [3.63, 3.8) is 0 Å². The lowest BCUT2D eigenvalue weighted by Crippen LogP contribution is -1.94. The molecular weight excluding hydrogens is 737 g/mol. The molecule has 2 nitrogen and oxygen atoms in total. The number of hydrogen-bond acceptors (Lipinski definition) is 1. The summed E-state index contributed by atoms with van der Waals surface area (Å²) in [7, 11) is 0. The number of benzene rings is 10. The molecule has 0 bridgehead atoms. The molecule has 0 N–H and O–H groups in total. The van der Waals surface area contributed by atoms with Gasteiger partial charge in [-0.1, -0.05) is 194 Å². The maximum atomic E-state index is 5.09. The Hall–Kier alpha value is -8.07. The topological polar surface area (TPSA) is 17.8 Å². The van der Waals surface area contributed by atoms with Crippen LogP contribution >= 0.6 is 0 Å². The van der Waals surface area contributed by atoms with Gasteiger partial charge >= 0.3 is 0 Å². The number of aromatic nitrogens is 2. The summed E-state index contributed by atoms with van der Waals surface area (Å²) in [6.07, 6.45) is 2.05. The summed E-state index contributed by atoms with van der Waals surface area (Å²) in [5, 5.41) is 9.92. The zero-order valence-electron chi connectivity index (χ0n) is 33.3. The van der Waals surface area contributed by atoms with E-state index in [1.54, 1.807) is 0 Å². The summed E-state index contributed by atoms with van der Waals surface area (Å²) in [6, 6.07) is 81.3. The number of rotatable bonds is 6. The summed E-state index contributed by atoms with van der Waals surface area (Å²) in [5.41, 5.74) is 15.2. The van der Waals surface area contributed by atoms with Crippen LogP contribution in [0.1, 0.15) is 0 Å². The maximum absolute atomic E-state index is 5.09. The molecule has 0 aliphatic rings. The summed E-state index contributed by atoms with van der Waals surface area (Å²) in [5.74, 6) is 0. The van der Waals surface area contributed by atoms with Crippen molar-refractivity contribution in [1.82, 2.24) is 9.55 Å². The fraction of sp³-hybridized carbons (Fsp3) is 0. The molecule has 12 rings (SSSR count). The molecule has 12 aromatic rings. The second-order valence-electron chi connectivity index (χ2n) is 15.9. The van der Waals surface area contributed by atoms with Crippen LogP contribution in [0.25, 0.3) is 116 Å². The van der Waals surface area contributed by atoms with Gasteiger partial charge < -0.3 is 4.57 Å². The predicted molar refractivity (Wildman–Crippen MR) is 258 cm³/mol. The molecule has 284 valence electrons. The van der Waals surface area contributed by atoms with Crippen LogP contribution in [0.15, 0.2) is 231 Å². The van der Waals surface area contributed by atoms with Crippen molar-refractivity contribution < 1.29 is 0 Å². The molecule has 2 heteroatoms. The second kappa shape index (κ2) is 14.3. The maximum Gasteiger partial charge on any atom is 0.0702 e. The van der Waals surface area contributed by atoms with Crippen molar-refractivity contribution >= 4 is 54.1 Å². The number of fused-ring (bicyclic) bond motifs is 7. The number of pyridine rings is 1. The monoisotopic (exact) mass is 774 g/mol. The highest BCUT2D eigenvalue weighted by Gasteiger charge is 2.18. The smallest absolute Gasteiger partial charge is 0.0702 e. The Morgan fingerprint density at radius 1 is 0.295 bits per heavy atom. The molecule has 2 heterocycles. The van der Waals surface area contributed by atoms with Crippen molar-refractivity contribution in [3.8, 4) is 61.5 Å². The lowest BCUT2D eigenvalue weighted by Gasteiger charge is -2.18. The van der Waals surface area contributed by atoms with Crippen molar-refractivity contribution in [2.45, 2.75) is 0 Å². The predicted octanol–water partition coefficient (Wildman–Crippen LogP) is 16.0. The first-order valence-electron chi connectivity index (χ1n) is 20.9. The minimum Gasteiger partial charge on any atom is -0.309 e. The highest BCUT2D eigenvalue weighted by molar-refractivity contribution is 6.22. The third-order valence-electron chi connectivity index (χ3n) is 12.4. The lowest BCUT2D eigenvalue weighted by atomic mass is 9.86. The first-order chi connectivity index (χ1) is 30.3. The highest BCUT2D eigenvalue weighted by atomic mass is 15.0. The SMILES string of the molecule is c1ccc(-c2ccc(-c3c4ccccc4c(-c4ccc(-c5ccc(-c6ccc7c(c6)c6ccc8ccccc8c6n7-c6ccccc6)cc5)nc4)c4ccccc34)cc2)cc1. The van der Waals surface area contributed by atoms with Gasteiger partial charge in [-0.05, 0) is 96.2 Å². The van der Waals surface area contributed by atoms with E-state index in [0.29, 0.717) is 0 Å². The first-order valence-corrected chi connectivity index (χ1v) is 20.9. The van der Waals surface area contributed by atoms with Gasteiger partial charge in [0.25, 0.3) is 0 Å². The Labute approximate surface area is 354 Å². The van der Waals surface area contributed by atoms with Crippen LogP contribution in [-0.4, -0.2) is 9.55 Å². The van der Waals surface area contributed by atoms with Gasteiger partial charge in [0.1, 0.15) is 0 Å². The molecule has 0 saturated heterocycles. The van der Waals surface area contributed by atoms with Gasteiger partial charge in [0, 0.05) is 39.2 Å². The number of para-hydroxylation sites is 1. The average Bonchev–Trinajstić information content (AvgIpc) is 3.68. The van der Waals surface area contributed by atoms with E-state index in [1.807, 2.05) is 6.20 Å². The summed E-state index contributed by atoms with van der Waals surface area (Å²) >= 11 is 0. The molecule has 0 spiro atoms. The normalized spacial score (nSPS) is 11.6. The minimum atomic E-state index is 0.951. The average molecular weight is 775 g/mol. The Morgan fingerprint density at radius 3 is 1.43 bits per heavy atom. The van der Waals surface area contributed by atoms with E-state index >= 15 is 0 Å². The largest absolute Gasteiger partial charge is 0.309 e. The fourth-order valence-electron chi connectivity index (χ4n) is 9.56. The van der Waals surface area contributed by atoms with E-state index in [2.05, 4.69) is 229 Å². The molecule has 0 saturated carbocycles. The number of hydrogen-bond donors (Lipinski definition) is 0. The van der Waals surface area contributed by atoms with Crippen LogP contribution in [0.5, 0.6) is 0 Å². The van der Waals surface area contributed by atoms with E-state index in [4.69, 9.17) is 4.98 Å². The molecule has 0 fully saturated rings. The molecular formula is C59H38N2.